The highest BCUT2D eigenvalue weighted by molar-refractivity contribution is 9.10. The monoisotopic (exact) mass is 299 g/mol. The lowest BCUT2D eigenvalue weighted by molar-refractivity contribution is 0.449. The zero-order chi connectivity index (χ0) is 13.2. The van der Waals surface area contributed by atoms with E-state index in [-0.39, 0.29) is 5.92 Å². The van der Waals surface area contributed by atoms with Crippen LogP contribution in [0.2, 0.25) is 0 Å². The maximum Gasteiger partial charge on any atom is 0.122 e. The normalized spacial score (nSPS) is 13.1. The predicted octanol–water partition coefficient (Wildman–Crippen LogP) is 4.04. The van der Waals surface area contributed by atoms with Crippen molar-refractivity contribution in [3.8, 4) is 5.75 Å². The molecule has 17 heavy (non-hydrogen) atoms. The van der Waals surface area contributed by atoms with Gasteiger partial charge in [0, 0.05) is 10.0 Å². The second-order valence-corrected chi connectivity index (χ2v) is 5.82. The van der Waals surface area contributed by atoms with E-state index >= 15 is 0 Å². The Hall–Kier alpha value is -0.540. The molecule has 2 nitrogen and oxygen atoms in total. The van der Waals surface area contributed by atoms with Gasteiger partial charge in [-0.1, -0.05) is 36.7 Å². The summed E-state index contributed by atoms with van der Waals surface area (Å²) in [5, 5.41) is 10.4. The van der Waals surface area contributed by atoms with Crippen molar-refractivity contribution in [1.82, 2.24) is 0 Å². The summed E-state index contributed by atoms with van der Waals surface area (Å²) >= 11 is 3.58. The highest BCUT2D eigenvalue weighted by Crippen LogP contribution is 2.40. The lowest BCUT2D eigenvalue weighted by Crippen LogP contribution is -2.07. The molecule has 3 heteroatoms. The van der Waals surface area contributed by atoms with Crippen molar-refractivity contribution in [2.24, 2.45) is 5.73 Å². The van der Waals surface area contributed by atoms with Gasteiger partial charge >= 0.3 is 0 Å². The van der Waals surface area contributed by atoms with Crippen LogP contribution >= 0.6 is 15.9 Å². The van der Waals surface area contributed by atoms with E-state index in [1.165, 1.54) is 0 Å². The van der Waals surface area contributed by atoms with Crippen molar-refractivity contribution < 1.29 is 5.11 Å². The molecule has 0 radical (unpaired) electrons. The van der Waals surface area contributed by atoms with Gasteiger partial charge in [-0.05, 0) is 48.9 Å². The van der Waals surface area contributed by atoms with Crippen molar-refractivity contribution in [2.75, 3.05) is 6.54 Å². The Morgan fingerprint density at radius 1 is 1.35 bits per heavy atom. The van der Waals surface area contributed by atoms with E-state index < -0.39 is 0 Å². The summed E-state index contributed by atoms with van der Waals surface area (Å²) in [6.07, 6.45) is 0.891. The Labute approximate surface area is 112 Å². The van der Waals surface area contributed by atoms with E-state index in [2.05, 4.69) is 36.7 Å². The van der Waals surface area contributed by atoms with Gasteiger partial charge in [-0.2, -0.15) is 0 Å². The van der Waals surface area contributed by atoms with E-state index in [4.69, 9.17) is 5.73 Å². The highest BCUT2D eigenvalue weighted by atomic mass is 79.9. The van der Waals surface area contributed by atoms with Crippen molar-refractivity contribution in [1.29, 1.82) is 0 Å². The molecule has 0 heterocycles. The zero-order valence-electron chi connectivity index (χ0n) is 11.0. The fourth-order valence-electron chi connectivity index (χ4n) is 2.21. The van der Waals surface area contributed by atoms with Crippen LogP contribution in [0.1, 0.15) is 55.7 Å². The number of hydrogen-bond donors (Lipinski definition) is 2. The first-order valence-corrected chi connectivity index (χ1v) is 6.91. The van der Waals surface area contributed by atoms with Gasteiger partial charge in [0.05, 0.1) is 0 Å². The predicted molar refractivity (Wildman–Crippen MR) is 76.7 cm³/mol. The molecule has 1 unspecified atom stereocenters. The molecule has 0 aromatic heterocycles. The summed E-state index contributed by atoms with van der Waals surface area (Å²) < 4.78 is 1.07. The molecule has 3 N–H and O–H groups in total. The van der Waals surface area contributed by atoms with Gasteiger partial charge in [0.15, 0.2) is 0 Å². The summed E-state index contributed by atoms with van der Waals surface area (Å²) in [6.45, 7) is 8.98. The molecule has 0 aliphatic rings. The maximum absolute atomic E-state index is 10.4. The number of benzene rings is 1. The average Bonchev–Trinajstić information content (AvgIpc) is 2.23. The maximum atomic E-state index is 10.4. The molecule has 0 spiro atoms. The Morgan fingerprint density at radius 2 is 1.94 bits per heavy atom. The first-order valence-electron chi connectivity index (χ1n) is 6.12. The lowest BCUT2D eigenvalue weighted by Gasteiger charge is -2.21. The number of hydrogen-bond acceptors (Lipinski definition) is 2. The fraction of sp³-hybridized carbons (Fsp3) is 0.571. The summed E-state index contributed by atoms with van der Waals surface area (Å²) in [6, 6.07) is 2.02. The summed E-state index contributed by atoms with van der Waals surface area (Å²) in [7, 11) is 0. The molecule has 0 aliphatic heterocycles. The minimum Gasteiger partial charge on any atom is -0.507 e. The van der Waals surface area contributed by atoms with E-state index in [0.29, 0.717) is 18.2 Å². The number of phenolic OH excluding ortho intramolecular Hbond substituents is 1. The Balaban J connectivity index is 3.36. The van der Waals surface area contributed by atoms with E-state index in [1.807, 2.05) is 13.0 Å². The summed E-state index contributed by atoms with van der Waals surface area (Å²) in [4.78, 5) is 0. The average molecular weight is 300 g/mol. The van der Waals surface area contributed by atoms with E-state index in [0.717, 1.165) is 27.6 Å². The van der Waals surface area contributed by atoms with Gasteiger partial charge in [0.25, 0.3) is 0 Å². The van der Waals surface area contributed by atoms with Crippen LogP contribution in [0.4, 0.5) is 0 Å². The number of nitrogens with two attached hydrogens (primary N) is 1. The number of rotatable bonds is 4. The van der Waals surface area contributed by atoms with Gasteiger partial charge in [0.2, 0.25) is 0 Å². The number of phenols is 1. The second kappa shape index (κ2) is 5.87. The summed E-state index contributed by atoms with van der Waals surface area (Å²) in [5.41, 5.74) is 8.76. The molecule has 0 saturated heterocycles. The van der Waals surface area contributed by atoms with Crippen LogP contribution in [0.3, 0.4) is 0 Å². The summed E-state index contributed by atoms with van der Waals surface area (Å²) in [5.74, 6) is 1.05. The van der Waals surface area contributed by atoms with Crippen molar-refractivity contribution in [2.45, 2.75) is 46.0 Å². The molecule has 1 aromatic rings. The van der Waals surface area contributed by atoms with Gasteiger partial charge < -0.3 is 10.8 Å². The molecule has 0 amide bonds. The third-order valence-corrected chi connectivity index (χ3v) is 4.11. The van der Waals surface area contributed by atoms with Gasteiger partial charge in [-0.3, -0.25) is 0 Å². The Bertz CT molecular complexity index is 402. The molecule has 1 aromatic carbocycles. The van der Waals surface area contributed by atoms with Crippen LogP contribution in [0, 0.1) is 6.92 Å². The lowest BCUT2D eigenvalue weighted by atomic mass is 9.88. The molecule has 1 atom stereocenters. The molecule has 1 rings (SSSR count). The van der Waals surface area contributed by atoms with Gasteiger partial charge in [-0.15, -0.1) is 0 Å². The van der Waals surface area contributed by atoms with Crippen molar-refractivity contribution >= 4 is 15.9 Å². The molecule has 96 valence electrons. The largest absolute Gasteiger partial charge is 0.507 e. The smallest absolute Gasteiger partial charge is 0.122 e. The number of halogens is 1. The quantitative estimate of drug-likeness (QED) is 0.881. The standard InChI is InChI=1S/C14H22BrNO/c1-8(2)11-7-12(15)10(4)13(14(11)17)9(3)5-6-16/h7-9,17H,5-6,16H2,1-4H3. The highest BCUT2D eigenvalue weighted by Gasteiger charge is 2.19. The van der Waals surface area contributed by atoms with Crippen molar-refractivity contribution in [3.05, 3.63) is 27.2 Å². The zero-order valence-corrected chi connectivity index (χ0v) is 12.6. The molecular weight excluding hydrogens is 278 g/mol. The SMILES string of the molecule is Cc1c(Br)cc(C(C)C)c(O)c1C(C)CCN. The van der Waals surface area contributed by atoms with Crippen LogP contribution in [-0.2, 0) is 0 Å². The minimum absolute atomic E-state index is 0.287. The van der Waals surface area contributed by atoms with Gasteiger partial charge in [-0.25, -0.2) is 0 Å². The Morgan fingerprint density at radius 3 is 2.41 bits per heavy atom. The topological polar surface area (TPSA) is 46.2 Å². The van der Waals surface area contributed by atoms with Crippen LogP contribution in [0.25, 0.3) is 0 Å². The van der Waals surface area contributed by atoms with E-state index in [9.17, 15) is 5.11 Å². The van der Waals surface area contributed by atoms with Crippen LogP contribution in [-0.4, -0.2) is 11.7 Å². The van der Waals surface area contributed by atoms with Crippen molar-refractivity contribution in [3.63, 3.8) is 0 Å². The third kappa shape index (κ3) is 3.02. The first-order chi connectivity index (χ1) is 7.90. The second-order valence-electron chi connectivity index (χ2n) is 4.97. The van der Waals surface area contributed by atoms with Crippen LogP contribution in [0.15, 0.2) is 10.5 Å². The molecule has 0 aliphatic carbocycles. The molecule has 0 bridgehead atoms. The minimum atomic E-state index is 0.287. The first kappa shape index (κ1) is 14.5. The van der Waals surface area contributed by atoms with Crippen LogP contribution < -0.4 is 5.73 Å². The Kier molecular flexibility index (Phi) is 5.02. The fourth-order valence-corrected chi connectivity index (χ4v) is 2.67. The molecule has 0 fully saturated rings. The van der Waals surface area contributed by atoms with Crippen LogP contribution in [0.5, 0.6) is 5.75 Å². The number of aromatic hydroxyl groups is 1. The molecule has 0 saturated carbocycles. The van der Waals surface area contributed by atoms with Gasteiger partial charge in [0.1, 0.15) is 5.75 Å². The van der Waals surface area contributed by atoms with E-state index in [1.54, 1.807) is 0 Å². The third-order valence-electron chi connectivity index (χ3n) is 3.29. The molecular formula is C14H22BrNO.